The lowest BCUT2D eigenvalue weighted by molar-refractivity contribution is -0.141. The fourth-order valence-corrected chi connectivity index (χ4v) is 8.74. The van der Waals surface area contributed by atoms with E-state index >= 15 is 0 Å². The van der Waals surface area contributed by atoms with Crippen molar-refractivity contribution in [3.8, 4) is 17.0 Å². The lowest BCUT2D eigenvalue weighted by Gasteiger charge is -2.29. The summed E-state index contributed by atoms with van der Waals surface area (Å²) >= 11 is 0. The van der Waals surface area contributed by atoms with Gasteiger partial charge < -0.3 is 25.0 Å². The molecule has 0 unspecified atom stereocenters. The van der Waals surface area contributed by atoms with Gasteiger partial charge in [-0.3, -0.25) is 19.1 Å². The van der Waals surface area contributed by atoms with Crippen LogP contribution in [0.4, 0.5) is 4.79 Å². The smallest absolute Gasteiger partial charge is 0.407 e. The number of ether oxygens (including phenoxy) is 2. The van der Waals surface area contributed by atoms with Gasteiger partial charge in [-0.2, -0.15) is 0 Å². The highest BCUT2D eigenvalue weighted by Crippen LogP contribution is 2.45. The average Bonchev–Trinajstić information content (AvgIpc) is 4.11. The van der Waals surface area contributed by atoms with E-state index in [1.54, 1.807) is 0 Å². The molecule has 14 heteroatoms. The molecule has 4 aliphatic rings. The predicted molar refractivity (Wildman–Crippen MR) is 207 cm³/mol. The van der Waals surface area contributed by atoms with Crippen molar-refractivity contribution in [2.45, 2.75) is 93.7 Å². The summed E-state index contributed by atoms with van der Waals surface area (Å²) in [6, 6.07) is 15.3. The maximum Gasteiger partial charge on any atom is 0.407 e. The van der Waals surface area contributed by atoms with Gasteiger partial charge in [-0.15, -0.1) is 6.58 Å². The minimum atomic E-state index is -3.90. The van der Waals surface area contributed by atoms with Crippen molar-refractivity contribution in [1.82, 2.24) is 25.2 Å². The van der Waals surface area contributed by atoms with E-state index in [0.29, 0.717) is 55.5 Å². The Kier molecular flexibility index (Phi) is 11.0. The largest absolute Gasteiger partial charge is 0.488 e. The second-order valence-electron chi connectivity index (χ2n) is 14.8. The Bertz CT molecular complexity index is 2120. The summed E-state index contributed by atoms with van der Waals surface area (Å²) in [5.74, 6) is -1.94. The van der Waals surface area contributed by atoms with Gasteiger partial charge in [0.05, 0.1) is 29.6 Å². The molecular formula is C41H47N5O8S. The van der Waals surface area contributed by atoms with Crippen molar-refractivity contribution < 1.29 is 37.1 Å². The molecule has 2 aromatic carbocycles. The molecule has 55 heavy (non-hydrogen) atoms. The van der Waals surface area contributed by atoms with E-state index in [-0.39, 0.29) is 26.0 Å². The van der Waals surface area contributed by atoms with Crippen LogP contribution in [0.1, 0.15) is 70.3 Å². The van der Waals surface area contributed by atoms with Gasteiger partial charge in [0.2, 0.25) is 21.8 Å². The van der Waals surface area contributed by atoms with Crippen LogP contribution in [0, 0.1) is 5.92 Å². The third-order valence-corrected chi connectivity index (χ3v) is 12.6. The molecule has 7 rings (SSSR count). The van der Waals surface area contributed by atoms with Crippen LogP contribution in [0.3, 0.4) is 0 Å². The fraction of sp³-hybridized carbons (Fsp3) is 0.439. The first-order valence-electron chi connectivity index (χ1n) is 19.1. The molecule has 0 spiro atoms. The number of unbranched alkanes of at least 4 members (excludes halogenated alkanes) is 1. The van der Waals surface area contributed by atoms with E-state index in [1.807, 2.05) is 73.7 Å². The molecule has 2 aliphatic carbocycles. The molecule has 4 amide bonds. The zero-order chi connectivity index (χ0) is 38.7. The van der Waals surface area contributed by atoms with Crippen LogP contribution in [-0.2, 0) is 29.1 Å². The average molecular weight is 770 g/mol. The van der Waals surface area contributed by atoms with Crippen molar-refractivity contribution >= 4 is 50.8 Å². The van der Waals surface area contributed by atoms with Crippen molar-refractivity contribution in [2.24, 2.45) is 5.92 Å². The summed E-state index contributed by atoms with van der Waals surface area (Å²) in [6.07, 6.45) is 8.17. The van der Waals surface area contributed by atoms with Gasteiger partial charge in [-0.1, -0.05) is 74.4 Å². The van der Waals surface area contributed by atoms with Crippen LogP contribution in [0.25, 0.3) is 28.2 Å². The Hall–Kier alpha value is -5.24. The van der Waals surface area contributed by atoms with E-state index in [4.69, 9.17) is 14.5 Å². The second kappa shape index (κ2) is 15.9. The maximum atomic E-state index is 14.5. The first kappa shape index (κ1) is 38.1. The molecule has 3 aromatic rings. The Morgan fingerprint density at radius 1 is 1.13 bits per heavy atom. The van der Waals surface area contributed by atoms with Crippen molar-refractivity contribution in [3.63, 3.8) is 0 Å². The molecule has 13 nitrogen and oxygen atoms in total. The minimum absolute atomic E-state index is 0.000491. The van der Waals surface area contributed by atoms with E-state index < -0.39 is 68.7 Å². The van der Waals surface area contributed by atoms with Gasteiger partial charge in [-0.25, -0.2) is 18.2 Å². The van der Waals surface area contributed by atoms with Gasteiger partial charge in [0.1, 0.15) is 29.5 Å². The van der Waals surface area contributed by atoms with E-state index in [1.165, 1.54) is 11.0 Å². The third kappa shape index (κ3) is 8.38. The number of cyclic esters (lactones) is 1. The van der Waals surface area contributed by atoms with Gasteiger partial charge in [-0.05, 0) is 56.2 Å². The van der Waals surface area contributed by atoms with Crippen LogP contribution in [-0.4, -0.2) is 84.2 Å². The SMILES string of the molecule is C=C[C@@H]1C[C@]1(NC(=O)[C@@H]1C[C@@H]2CN1C(=O)[C@H](CCCC)NC(=O)OCCC/C=C/c1ccc3nc(-c4ccccc4)cc(c3c1)O2)C(=O)NS(=O)(=O)C1CC1. The zero-order valence-corrected chi connectivity index (χ0v) is 31.7. The Labute approximate surface area is 321 Å². The van der Waals surface area contributed by atoms with Crippen LogP contribution in [0.5, 0.6) is 5.75 Å². The van der Waals surface area contributed by atoms with Gasteiger partial charge in [0.15, 0.2) is 0 Å². The summed E-state index contributed by atoms with van der Waals surface area (Å²) in [5, 5.41) is 5.68. The van der Waals surface area contributed by atoms with Gasteiger partial charge >= 0.3 is 6.09 Å². The lowest BCUT2D eigenvalue weighted by Crippen LogP contribution is -2.58. The Morgan fingerprint density at radius 2 is 1.93 bits per heavy atom. The molecule has 3 heterocycles. The molecule has 1 aromatic heterocycles. The highest BCUT2D eigenvalue weighted by Gasteiger charge is 2.62. The predicted octanol–water partition coefficient (Wildman–Crippen LogP) is 5.01. The van der Waals surface area contributed by atoms with Crippen molar-refractivity contribution in [3.05, 3.63) is 78.9 Å². The Morgan fingerprint density at radius 3 is 2.65 bits per heavy atom. The Balaban J connectivity index is 1.25. The fourth-order valence-electron chi connectivity index (χ4n) is 7.38. The summed E-state index contributed by atoms with van der Waals surface area (Å²) in [7, 11) is -3.90. The summed E-state index contributed by atoms with van der Waals surface area (Å²) in [5.41, 5.74) is 1.66. The number of sulfonamides is 1. The number of allylic oxidation sites excluding steroid dienone is 1. The molecule has 3 fully saturated rings. The van der Waals surface area contributed by atoms with Crippen molar-refractivity contribution in [1.29, 1.82) is 0 Å². The van der Waals surface area contributed by atoms with Crippen LogP contribution >= 0.6 is 0 Å². The molecule has 3 N–H and O–H groups in total. The van der Waals surface area contributed by atoms with Crippen LogP contribution < -0.4 is 20.1 Å². The number of hydrogen-bond acceptors (Lipinski definition) is 9. The number of nitrogens with zero attached hydrogens (tertiary/aromatic N) is 2. The van der Waals surface area contributed by atoms with Gasteiger partial charge in [0, 0.05) is 29.4 Å². The molecule has 0 radical (unpaired) electrons. The van der Waals surface area contributed by atoms with Crippen LogP contribution in [0.15, 0.2) is 73.3 Å². The number of alkyl carbamates (subject to hydrolysis) is 1. The number of hydrogen-bond donors (Lipinski definition) is 3. The van der Waals surface area contributed by atoms with E-state index in [2.05, 4.69) is 21.9 Å². The molecule has 1 saturated heterocycles. The summed E-state index contributed by atoms with van der Waals surface area (Å²) in [4.78, 5) is 61.7. The number of amides is 4. The first-order valence-corrected chi connectivity index (χ1v) is 20.6. The summed E-state index contributed by atoms with van der Waals surface area (Å²) < 4.78 is 39.9. The minimum Gasteiger partial charge on any atom is -0.488 e. The highest BCUT2D eigenvalue weighted by molar-refractivity contribution is 7.91. The normalized spacial score (nSPS) is 26.2. The molecule has 2 aliphatic heterocycles. The molecule has 4 bridgehead atoms. The van der Waals surface area contributed by atoms with Gasteiger partial charge in [0.25, 0.3) is 5.91 Å². The first-order chi connectivity index (χ1) is 26.5. The second-order valence-corrected chi connectivity index (χ2v) is 16.8. The third-order valence-electron chi connectivity index (χ3n) is 10.8. The molecule has 290 valence electrons. The monoisotopic (exact) mass is 769 g/mol. The number of pyridine rings is 1. The highest BCUT2D eigenvalue weighted by atomic mass is 32.2. The molecule has 2 saturated carbocycles. The van der Waals surface area contributed by atoms with Crippen molar-refractivity contribution in [2.75, 3.05) is 13.2 Å². The number of fused-ring (bicyclic) bond motifs is 3. The number of nitrogens with one attached hydrogen (secondary N) is 3. The maximum absolute atomic E-state index is 14.5. The zero-order valence-electron chi connectivity index (χ0n) is 30.9. The lowest BCUT2D eigenvalue weighted by atomic mass is 10.1. The summed E-state index contributed by atoms with van der Waals surface area (Å²) in [6.45, 7) is 5.92. The number of carbonyl (C=O) groups is 4. The molecule has 5 atom stereocenters. The number of benzene rings is 2. The van der Waals surface area contributed by atoms with E-state index in [9.17, 15) is 27.6 Å². The number of aromatic nitrogens is 1. The van der Waals surface area contributed by atoms with E-state index in [0.717, 1.165) is 22.9 Å². The number of carbonyl (C=O) groups excluding carboxylic acids is 4. The molecular weight excluding hydrogens is 723 g/mol. The topological polar surface area (TPSA) is 173 Å². The standard InChI is InChI=1S/C41H47N5O8S/c1-3-5-15-33-38(48)46-25-29(22-35(46)37(47)44-41(24-28(41)4-2)39(49)45-55(51,52)30-17-18-30)54-36-23-34(27-13-9-6-10-14-27)42-32-19-16-26(21-31(32)36)12-8-7-11-20-53-40(50)43-33/h4,6,8-10,12-14,16,19,21,23,28-30,33,35H,2-3,5,7,11,15,17-18,20,22,24-25H2,1H3,(H,43,50)(H,44,47)(H,45,49)/b12-8+/t28-,29-,33+,35+,41-/m1/s1. The number of rotatable bonds is 10. The van der Waals surface area contributed by atoms with Crippen LogP contribution in [0.2, 0.25) is 0 Å². The quantitative estimate of drug-likeness (QED) is 0.240.